The first-order chi connectivity index (χ1) is 13.4. The highest BCUT2D eigenvalue weighted by atomic mass is 35.5. The second-order valence-electron chi connectivity index (χ2n) is 7.04. The van der Waals surface area contributed by atoms with E-state index in [0.29, 0.717) is 29.4 Å². The monoisotopic (exact) mass is 396 g/mol. The predicted octanol–water partition coefficient (Wildman–Crippen LogP) is 4.20. The normalized spacial score (nSPS) is 10.8. The fraction of sp³-hybridized carbons (Fsp3) is 0.273. The van der Waals surface area contributed by atoms with Crippen molar-refractivity contribution < 1.29 is 4.79 Å². The van der Waals surface area contributed by atoms with Crippen molar-refractivity contribution in [1.29, 1.82) is 0 Å². The van der Waals surface area contributed by atoms with Crippen molar-refractivity contribution in [3.05, 3.63) is 81.6 Å². The van der Waals surface area contributed by atoms with Gasteiger partial charge >= 0.3 is 0 Å². The highest BCUT2D eigenvalue weighted by molar-refractivity contribution is 6.31. The molecular formula is C22H25ClN4O. The van der Waals surface area contributed by atoms with Crippen LogP contribution in [0.4, 0.5) is 5.69 Å². The van der Waals surface area contributed by atoms with Gasteiger partial charge in [0.1, 0.15) is 0 Å². The number of nitrogens with zero attached hydrogens (tertiary/aromatic N) is 3. The summed E-state index contributed by atoms with van der Waals surface area (Å²) in [4.78, 5) is 14.8. The summed E-state index contributed by atoms with van der Waals surface area (Å²) in [6.07, 6.45) is 0. The van der Waals surface area contributed by atoms with Crippen molar-refractivity contribution in [2.45, 2.75) is 26.9 Å². The molecule has 0 spiro atoms. The molecule has 0 atom stereocenters. The second-order valence-corrected chi connectivity index (χ2v) is 7.45. The lowest BCUT2D eigenvalue weighted by atomic mass is 10.1. The summed E-state index contributed by atoms with van der Waals surface area (Å²) in [7, 11) is 4.01. The molecular weight excluding hydrogens is 372 g/mol. The van der Waals surface area contributed by atoms with Gasteiger partial charge in [0.15, 0.2) is 0 Å². The van der Waals surface area contributed by atoms with Crippen molar-refractivity contribution in [2.75, 3.05) is 19.0 Å². The van der Waals surface area contributed by atoms with Crippen molar-refractivity contribution in [2.24, 2.45) is 0 Å². The number of anilines is 1. The number of benzene rings is 2. The molecule has 28 heavy (non-hydrogen) atoms. The third-order valence-electron chi connectivity index (χ3n) is 4.79. The zero-order valence-corrected chi connectivity index (χ0v) is 17.4. The van der Waals surface area contributed by atoms with Gasteiger partial charge < -0.3 is 10.2 Å². The molecule has 1 aromatic heterocycles. The molecule has 0 aliphatic carbocycles. The van der Waals surface area contributed by atoms with E-state index in [1.54, 1.807) is 0 Å². The number of aryl methyl sites for hydroxylation is 1. The zero-order chi connectivity index (χ0) is 20.3. The van der Waals surface area contributed by atoms with Crippen LogP contribution in [-0.2, 0) is 13.1 Å². The van der Waals surface area contributed by atoms with Crippen LogP contribution in [0.5, 0.6) is 0 Å². The molecule has 2 aromatic carbocycles. The van der Waals surface area contributed by atoms with E-state index in [1.165, 1.54) is 0 Å². The van der Waals surface area contributed by atoms with Crippen LogP contribution in [0.15, 0.2) is 48.5 Å². The largest absolute Gasteiger partial charge is 0.378 e. The highest BCUT2D eigenvalue weighted by Crippen LogP contribution is 2.20. The molecule has 146 valence electrons. The molecule has 1 amide bonds. The van der Waals surface area contributed by atoms with Gasteiger partial charge in [-0.15, -0.1) is 0 Å². The minimum atomic E-state index is -0.114. The fourth-order valence-corrected chi connectivity index (χ4v) is 3.35. The summed E-state index contributed by atoms with van der Waals surface area (Å²) >= 11 is 6.26. The first-order valence-corrected chi connectivity index (χ1v) is 9.56. The summed E-state index contributed by atoms with van der Waals surface area (Å²) in [6, 6.07) is 15.8. The lowest BCUT2D eigenvalue weighted by molar-refractivity contribution is 0.0949. The minimum absolute atomic E-state index is 0.114. The number of rotatable bonds is 6. The molecule has 3 aromatic rings. The van der Waals surface area contributed by atoms with Gasteiger partial charge in [-0.25, -0.2) is 0 Å². The molecule has 1 N–H and O–H groups in total. The Kier molecular flexibility index (Phi) is 6.05. The second kappa shape index (κ2) is 8.48. The average Bonchev–Trinajstić information content (AvgIpc) is 2.95. The number of carbonyl (C=O) groups excluding carboxylic acids is 1. The third kappa shape index (κ3) is 4.37. The zero-order valence-electron chi connectivity index (χ0n) is 16.7. The number of hydrogen-bond acceptors (Lipinski definition) is 3. The first-order valence-electron chi connectivity index (χ1n) is 9.18. The molecule has 0 bridgehead atoms. The Morgan fingerprint density at radius 3 is 2.43 bits per heavy atom. The van der Waals surface area contributed by atoms with E-state index in [9.17, 15) is 4.79 Å². The average molecular weight is 397 g/mol. The number of carbonyl (C=O) groups is 1. The number of hydrogen-bond donors (Lipinski definition) is 1. The lowest BCUT2D eigenvalue weighted by Crippen LogP contribution is -2.24. The molecule has 0 radical (unpaired) electrons. The van der Waals surface area contributed by atoms with Crippen molar-refractivity contribution in [3.8, 4) is 0 Å². The number of halogens is 1. The molecule has 0 aliphatic heterocycles. The van der Waals surface area contributed by atoms with Crippen LogP contribution in [0.25, 0.3) is 0 Å². The van der Waals surface area contributed by atoms with Gasteiger partial charge in [0, 0.05) is 37.0 Å². The Bertz CT molecular complexity index is 977. The minimum Gasteiger partial charge on any atom is -0.378 e. The maximum Gasteiger partial charge on any atom is 0.255 e. The predicted molar refractivity (Wildman–Crippen MR) is 114 cm³/mol. The quantitative estimate of drug-likeness (QED) is 0.679. The molecule has 1 heterocycles. The summed E-state index contributed by atoms with van der Waals surface area (Å²) < 4.78 is 1.83. The molecule has 3 rings (SSSR count). The maximum absolute atomic E-state index is 12.8. The van der Waals surface area contributed by atoms with E-state index >= 15 is 0 Å². The van der Waals surface area contributed by atoms with Crippen molar-refractivity contribution in [3.63, 3.8) is 0 Å². The SMILES string of the molecule is Cc1nn(Cc2ccccc2Cl)c(C)c1C(=O)NCc1ccc(N(C)C)cc1. The summed E-state index contributed by atoms with van der Waals surface area (Å²) in [6.45, 7) is 4.78. The van der Waals surface area contributed by atoms with Gasteiger partial charge in [-0.3, -0.25) is 9.48 Å². The van der Waals surface area contributed by atoms with Gasteiger partial charge in [0.25, 0.3) is 5.91 Å². The van der Waals surface area contributed by atoms with Gasteiger partial charge in [0.05, 0.1) is 17.8 Å². The first kappa shape index (κ1) is 20.0. The Morgan fingerprint density at radius 1 is 1.11 bits per heavy atom. The van der Waals surface area contributed by atoms with Gasteiger partial charge in [-0.2, -0.15) is 5.10 Å². The molecule has 0 unspecified atom stereocenters. The van der Waals surface area contributed by atoms with Crippen LogP contribution in [-0.4, -0.2) is 29.8 Å². The molecule has 0 saturated carbocycles. The Balaban J connectivity index is 1.71. The maximum atomic E-state index is 12.8. The van der Waals surface area contributed by atoms with Crippen LogP contribution in [0.3, 0.4) is 0 Å². The Morgan fingerprint density at radius 2 is 1.79 bits per heavy atom. The molecule has 0 aliphatic rings. The number of aromatic nitrogens is 2. The van der Waals surface area contributed by atoms with E-state index in [0.717, 1.165) is 22.5 Å². The summed E-state index contributed by atoms with van der Waals surface area (Å²) in [5.74, 6) is -0.114. The van der Waals surface area contributed by atoms with Crippen LogP contribution < -0.4 is 10.2 Å². The van der Waals surface area contributed by atoms with E-state index < -0.39 is 0 Å². The fourth-order valence-electron chi connectivity index (χ4n) is 3.15. The molecule has 6 heteroatoms. The van der Waals surface area contributed by atoms with E-state index in [4.69, 9.17) is 11.6 Å². The number of amides is 1. The van der Waals surface area contributed by atoms with Gasteiger partial charge in [-0.05, 0) is 43.2 Å². The van der Waals surface area contributed by atoms with Crippen molar-refractivity contribution in [1.82, 2.24) is 15.1 Å². The van der Waals surface area contributed by atoms with E-state index in [2.05, 4.69) is 10.4 Å². The highest BCUT2D eigenvalue weighted by Gasteiger charge is 2.19. The lowest BCUT2D eigenvalue weighted by Gasteiger charge is -2.13. The molecule has 0 fully saturated rings. The van der Waals surface area contributed by atoms with Crippen LogP contribution in [0.1, 0.15) is 32.9 Å². The number of nitrogens with one attached hydrogen (secondary N) is 1. The van der Waals surface area contributed by atoms with E-state index in [1.807, 2.05) is 86.1 Å². The topological polar surface area (TPSA) is 50.2 Å². The standard InChI is InChI=1S/C22H25ClN4O/c1-15-21(16(2)27(25-15)14-18-7-5-6-8-20(18)23)22(28)24-13-17-9-11-19(12-10-17)26(3)4/h5-12H,13-14H2,1-4H3,(H,24,28). The van der Waals surface area contributed by atoms with E-state index in [-0.39, 0.29) is 5.91 Å². The van der Waals surface area contributed by atoms with Crippen LogP contribution in [0.2, 0.25) is 5.02 Å². The van der Waals surface area contributed by atoms with Gasteiger partial charge in [0.2, 0.25) is 0 Å². The smallest absolute Gasteiger partial charge is 0.255 e. The Labute approximate surface area is 170 Å². The summed E-state index contributed by atoms with van der Waals surface area (Å²) in [5.41, 5.74) is 5.32. The molecule has 5 nitrogen and oxygen atoms in total. The third-order valence-corrected chi connectivity index (χ3v) is 5.16. The van der Waals surface area contributed by atoms with Crippen LogP contribution >= 0.6 is 11.6 Å². The van der Waals surface area contributed by atoms with Gasteiger partial charge in [-0.1, -0.05) is 41.9 Å². The Hall–Kier alpha value is -2.79. The summed E-state index contributed by atoms with van der Waals surface area (Å²) in [5, 5.41) is 8.24. The van der Waals surface area contributed by atoms with Crippen LogP contribution in [0, 0.1) is 13.8 Å². The van der Waals surface area contributed by atoms with Crippen molar-refractivity contribution >= 4 is 23.2 Å². The molecule has 0 saturated heterocycles.